The van der Waals surface area contributed by atoms with Gasteiger partial charge in [0.05, 0.1) is 11.6 Å². The van der Waals surface area contributed by atoms with Crippen LogP contribution in [0.3, 0.4) is 0 Å². The number of rotatable bonds is 6. The molecule has 1 aliphatic rings. The van der Waals surface area contributed by atoms with Gasteiger partial charge in [0, 0.05) is 17.8 Å². The first-order chi connectivity index (χ1) is 15.4. The fourth-order valence-corrected chi connectivity index (χ4v) is 4.32. The molecule has 0 aliphatic carbocycles. The summed E-state index contributed by atoms with van der Waals surface area (Å²) in [5.74, 6) is 1.56. The number of aromatic nitrogens is 2. The van der Waals surface area contributed by atoms with Gasteiger partial charge in [-0.3, -0.25) is 0 Å². The van der Waals surface area contributed by atoms with Crippen molar-refractivity contribution >= 4 is 22.9 Å². The van der Waals surface area contributed by atoms with Crippen molar-refractivity contribution in [2.75, 3.05) is 6.54 Å². The third-order valence-electron chi connectivity index (χ3n) is 5.83. The maximum atomic E-state index is 5.82. The van der Waals surface area contributed by atoms with Crippen molar-refractivity contribution in [2.24, 2.45) is 5.92 Å². The van der Waals surface area contributed by atoms with Gasteiger partial charge in [-0.2, -0.15) is 4.98 Å². The van der Waals surface area contributed by atoms with E-state index < -0.39 is 0 Å². The quantitative estimate of drug-likeness (QED) is 0.474. The minimum atomic E-state index is -0.150. The summed E-state index contributed by atoms with van der Waals surface area (Å²) in [6, 6.07) is 16.6. The van der Waals surface area contributed by atoms with Gasteiger partial charge in [0.25, 0.3) is 5.89 Å². The summed E-state index contributed by atoms with van der Waals surface area (Å²) < 4.78 is 5.82. The van der Waals surface area contributed by atoms with Crippen molar-refractivity contribution in [3.8, 4) is 11.4 Å². The van der Waals surface area contributed by atoms with E-state index in [1.54, 1.807) is 0 Å². The van der Waals surface area contributed by atoms with Gasteiger partial charge in [-0.15, -0.1) is 0 Å². The zero-order chi connectivity index (χ0) is 22.8. The molecule has 0 radical (unpaired) electrons. The van der Waals surface area contributed by atoms with Gasteiger partial charge in [-0.25, -0.2) is 0 Å². The summed E-state index contributed by atoms with van der Waals surface area (Å²) in [6.07, 6.45) is 1.00. The third-order valence-corrected chi connectivity index (χ3v) is 6.17. The molecule has 0 bridgehead atoms. The van der Waals surface area contributed by atoms with Crippen molar-refractivity contribution in [1.29, 1.82) is 0 Å². The lowest BCUT2D eigenvalue weighted by molar-refractivity contribution is 0.386. The van der Waals surface area contributed by atoms with Crippen LogP contribution >= 0.6 is 12.2 Å². The fourth-order valence-electron chi connectivity index (χ4n) is 3.99. The smallest absolute Gasteiger partial charge is 0.258 e. The van der Waals surface area contributed by atoms with Crippen molar-refractivity contribution < 1.29 is 4.52 Å². The largest absolute Gasteiger partial charge is 0.351 e. The molecule has 1 atom stereocenters. The molecular formula is C26H30N4OS. The summed E-state index contributed by atoms with van der Waals surface area (Å²) in [7, 11) is 0. The number of allylic oxidation sites excluding steroid dienone is 1. The van der Waals surface area contributed by atoms with Gasteiger partial charge in [-0.05, 0) is 49.5 Å². The van der Waals surface area contributed by atoms with E-state index in [2.05, 4.69) is 86.4 Å². The van der Waals surface area contributed by atoms with Crippen LogP contribution in [-0.2, 0) is 6.42 Å². The molecule has 5 nitrogen and oxygen atoms in total. The Morgan fingerprint density at radius 1 is 1.06 bits per heavy atom. The Bertz CT molecular complexity index is 1130. The second-order valence-electron chi connectivity index (χ2n) is 8.77. The van der Waals surface area contributed by atoms with Gasteiger partial charge in [0.2, 0.25) is 5.82 Å². The molecule has 0 amide bonds. The van der Waals surface area contributed by atoms with E-state index >= 15 is 0 Å². The first-order valence-electron chi connectivity index (χ1n) is 11.2. The molecule has 0 saturated heterocycles. The zero-order valence-electron chi connectivity index (χ0n) is 19.3. The molecule has 0 saturated carbocycles. The topological polar surface area (TPSA) is 54.2 Å². The summed E-state index contributed by atoms with van der Waals surface area (Å²) >= 11 is 5.76. The predicted molar refractivity (Wildman–Crippen MR) is 133 cm³/mol. The Kier molecular flexibility index (Phi) is 6.42. The minimum Gasteiger partial charge on any atom is -0.351 e. The van der Waals surface area contributed by atoms with Crippen LogP contribution in [0.25, 0.3) is 17.0 Å². The Hall–Kier alpha value is -2.99. The van der Waals surface area contributed by atoms with Crippen LogP contribution in [-0.4, -0.2) is 26.7 Å². The van der Waals surface area contributed by atoms with Gasteiger partial charge in [0.15, 0.2) is 5.11 Å². The van der Waals surface area contributed by atoms with E-state index in [4.69, 9.17) is 21.7 Å². The van der Waals surface area contributed by atoms with E-state index in [9.17, 15) is 0 Å². The van der Waals surface area contributed by atoms with Crippen LogP contribution in [0.5, 0.6) is 0 Å². The monoisotopic (exact) mass is 446 g/mol. The lowest BCUT2D eigenvalue weighted by Crippen LogP contribution is -2.47. The number of nitrogens with zero attached hydrogens (tertiary/aromatic N) is 3. The summed E-state index contributed by atoms with van der Waals surface area (Å²) in [4.78, 5) is 6.93. The highest BCUT2D eigenvalue weighted by Crippen LogP contribution is 2.37. The lowest BCUT2D eigenvalue weighted by atomic mass is 9.93. The molecule has 1 aromatic heterocycles. The van der Waals surface area contributed by atoms with Crippen LogP contribution < -0.4 is 5.32 Å². The second kappa shape index (κ2) is 9.25. The highest BCUT2D eigenvalue weighted by Gasteiger charge is 2.34. The third kappa shape index (κ3) is 4.46. The summed E-state index contributed by atoms with van der Waals surface area (Å²) in [6.45, 7) is 11.5. The van der Waals surface area contributed by atoms with Crippen molar-refractivity contribution in [1.82, 2.24) is 20.4 Å². The molecule has 2 aromatic carbocycles. The second-order valence-corrected chi connectivity index (χ2v) is 9.16. The van der Waals surface area contributed by atoms with E-state index in [0.29, 0.717) is 17.6 Å². The van der Waals surface area contributed by atoms with Gasteiger partial charge < -0.3 is 14.7 Å². The molecule has 1 aliphatic heterocycles. The number of benzene rings is 2. The molecule has 3 aromatic rings. The standard InChI is InChI=1S/C26H30N4OS/c1-6-19-9-13-20(14-10-19)23-22(18(5)30(15-16(2)3)26(32)27-23)25-28-24(29-31-25)21-11-7-17(4)8-12-21/h7-14,16,23H,6,15H2,1-5H3,(H,27,32). The maximum absolute atomic E-state index is 5.82. The Morgan fingerprint density at radius 2 is 1.75 bits per heavy atom. The molecule has 166 valence electrons. The van der Waals surface area contributed by atoms with Crippen LogP contribution in [0.15, 0.2) is 58.8 Å². The number of aryl methyl sites for hydroxylation is 2. The average Bonchev–Trinajstić information content (AvgIpc) is 3.26. The minimum absolute atomic E-state index is 0.150. The Labute approximate surface area is 195 Å². The van der Waals surface area contributed by atoms with Crippen LogP contribution in [0.4, 0.5) is 0 Å². The molecular weight excluding hydrogens is 416 g/mol. The Morgan fingerprint density at radius 3 is 2.38 bits per heavy atom. The maximum Gasteiger partial charge on any atom is 0.258 e. The van der Waals surface area contributed by atoms with Crippen LogP contribution in [0.2, 0.25) is 0 Å². The number of hydrogen-bond acceptors (Lipinski definition) is 4. The van der Waals surface area contributed by atoms with Gasteiger partial charge in [0.1, 0.15) is 0 Å². The first-order valence-corrected chi connectivity index (χ1v) is 11.6. The molecule has 1 N–H and O–H groups in total. The van der Waals surface area contributed by atoms with E-state index in [1.807, 2.05) is 12.1 Å². The van der Waals surface area contributed by atoms with E-state index in [1.165, 1.54) is 11.1 Å². The summed E-state index contributed by atoms with van der Waals surface area (Å²) in [5.41, 5.74) is 6.57. The molecule has 0 fully saturated rings. The average molecular weight is 447 g/mol. The molecule has 32 heavy (non-hydrogen) atoms. The van der Waals surface area contributed by atoms with Crippen molar-refractivity contribution in [3.05, 3.63) is 76.8 Å². The van der Waals surface area contributed by atoms with Crippen LogP contribution in [0.1, 0.15) is 56.3 Å². The predicted octanol–water partition coefficient (Wildman–Crippen LogP) is 5.93. The highest BCUT2D eigenvalue weighted by molar-refractivity contribution is 7.80. The first kappa shape index (κ1) is 22.2. The molecule has 2 heterocycles. The SMILES string of the molecule is CCc1ccc(C2NC(=S)N(CC(C)C)C(C)=C2c2nc(-c3ccc(C)cc3)no2)cc1. The summed E-state index contributed by atoms with van der Waals surface area (Å²) in [5, 5.41) is 8.54. The zero-order valence-corrected chi connectivity index (χ0v) is 20.2. The molecule has 1 unspecified atom stereocenters. The molecule has 6 heteroatoms. The Balaban J connectivity index is 1.79. The number of thiocarbonyl (C=S) groups is 1. The normalized spacial score (nSPS) is 16.6. The molecule has 4 rings (SSSR count). The fraction of sp³-hybridized carbons (Fsp3) is 0.346. The van der Waals surface area contributed by atoms with Crippen molar-refractivity contribution in [3.63, 3.8) is 0 Å². The lowest BCUT2D eigenvalue weighted by Gasteiger charge is -2.38. The van der Waals surface area contributed by atoms with E-state index in [0.717, 1.165) is 40.5 Å². The highest BCUT2D eigenvalue weighted by atomic mass is 32.1. The van der Waals surface area contributed by atoms with Crippen molar-refractivity contribution in [2.45, 2.75) is 47.1 Å². The van der Waals surface area contributed by atoms with Gasteiger partial charge >= 0.3 is 0 Å². The number of nitrogens with one attached hydrogen (secondary N) is 1. The van der Waals surface area contributed by atoms with Gasteiger partial charge in [-0.1, -0.05) is 80.0 Å². The van der Waals surface area contributed by atoms with E-state index in [-0.39, 0.29) is 6.04 Å². The number of hydrogen-bond donors (Lipinski definition) is 1. The van der Waals surface area contributed by atoms with Crippen LogP contribution in [0, 0.1) is 12.8 Å². The molecule has 0 spiro atoms.